The van der Waals surface area contributed by atoms with Gasteiger partial charge in [0, 0.05) is 19.0 Å². The fraction of sp³-hybridized carbons (Fsp3) is 0.933. The van der Waals surface area contributed by atoms with E-state index < -0.39 is 17.7 Å². The first-order valence-electron chi connectivity index (χ1n) is 7.71. The number of rotatable bonds is 3. The minimum Gasteiger partial charge on any atom is -0.380 e. The van der Waals surface area contributed by atoms with Crippen LogP contribution in [0.1, 0.15) is 53.9 Å². The molecule has 0 aliphatic carbocycles. The maximum atomic E-state index is 12.9. The summed E-state index contributed by atoms with van der Waals surface area (Å²) in [7, 11) is 0. The largest absolute Gasteiger partial charge is 0.417 e. The van der Waals surface area contributed by atoms with Gasteiger partial charge in [-0.2, -0.15) is 13.2 Å². The van der Waals surface area contributed by atoms with E-state index in [0.717, 1.165) is 0 Å². The van der Waals surface area contributed by atoms with Crippen molar-refractivity contribution >= 4 is 5.91 Å². The zero-order valence-electron chi connectivity index (χ0n) is 13.6. The van der Waals surface area contributed by atoms with Gasteiger partial charge in [0.05, 0.1) is 0 Å². The van der Waals surface area contributed by atoms with E-state index in [2.05, 4.69) is 0 Å². The van der Waals surface area contributed by atoms with Gasteiger partial charge < -0.3 is 10.0 Å². The summed E-state index contributed by atoms with van der Waals surface area (Å²) in [6.45, 7) is 9.47. The molecule has 3 nitrogen and oxygen atoms in total. The molecule has 0 radical (unpaired) electrons. The van der Waals surface area contributed by atoms with E-state index >= 15 is 0 Å². The van der Waals surface area contributed by atoms with Crippen LogP contribution < -0.4 is 0 Å². The zero-order valence-corrected chi connectivity index (χ0v) is 13.6. The third-order valence-corrected chi connectivity index (χ3v) is 4.01. The van der Waals surface area contributed by atoms with Gasteiger partial charge in [-0.05, 0) is 25.2 Å². The number of amides is 1. The SMILES string of the molecule is CC.CCC(O)(C1CCN(C(=O)C(C)C)CC1)C(F)(F)F. The topological polar surface area (TPSA) is 40.5 Å². The van der Waals surface area contributed by atoms with Crippen LogP contribution in [0.25, 0.3) is 0 Å². The Hall–Kier alpha value is -0.780. The predicted octanol–water partition coefficient (Wildman–Crippen LogP) is 3.61. The average Bonchev–Trinajstić information content (AvgIpc) is 2.46. The molecule has 1 saturated heterocycles. The Morgan fingerprint density at radius 3 is 1.95 bits per heavy atom. The molecule has 126 valence electrons. The minimum atomic E-state index is -4.61. The lowest BCUT2D eigenvalue weighted by atomic mass is 9.78. The number of carbonyl (C=O) groups is 1. The van der Waals surface area contributed by atoms with Crippen LogP contribution in [0.2, 0.25) is 0 Å². The molecule has 21 heavy (non-hydrogen) atoms. The van der Waals surface area contributed by atoms with Crippen molar-refractivity contribution in [1.82, 2.24) is 4.90 Å². The molecular weight excluding hydrogens is 283 g/mol. The van der Waals surface area contributed by atoms with Crippen molar-refractivity contribution < 1.29 is 23.1 Å². The second kappa shape index (κ2) is 8.01. The van der Waals surface area contributed by atoms with Crippen molar-refractivity contribution in [3.8, 4) is 0 Å². The smallest absolute Gasteiger partial charge is 0.380 e. The third kappa shape index (κ3) is 4.59. The first-order chi connectivity index (χ1) is 9.63. The van der Waals surface area contributed by atoms with Crippen LogP contribution in [0.5, 0.6) is 0 Å². The Morgan fingerprint density at radius 1 is 1.24 bits per heavy atom. The van der Waals surface area contributed by atoms with E-state index in [9.17, 15) is 23.1 Å². The Labute approximate surface area is 125 Å². The van der Waals surface area contributed by atoms with Gasteiger partial charge in [-0.3, -0.25) is 4.79 Å². The number of nitrogens with zero attached hydrogens (tertiary/aromatic N) is 1. The van der Waals surface area contributed by atoms with E-state index in [0.29, 0.717) is 13.1 Å². The fourth-order valence-electron chi connectivity index (χ4n) is 2.66. The molecule has 1 aliphatic rings. The lowest BCUT2D eigenvalue weighted by molar-refractivity contribution is -0.284. The molecule has 1 atom stereocenters. The van der Waals surface area contributed by atoms with Crippen LogP contribution in [0.15, 0.2) is 0 Å². The lowest BCUT2D eigenvalue weighted by Gasteiger charge is -2.42. The molecular formula is C15H28F3NO2. The Morgan fingerprint density at radius 2 is 1.67 bits per heavy atom. The minimum absolute atomic E-state index is 0.0366. The van der Waals surface area contributed by atoms with Gasteiger partial charge in [-0.1, -0.05) is 34.6 Å². The van der Waals surface area contributed by atoms with E-state index in [1.165, 1.54) is 6.92 Å². The zero-order chi connectivity index (χ0) is 16.8. The molecule has 1 unspecified atom stereocenters. The van der Waals surface area contributed by atoms with Crippen LogP contribution in [0.4, 0.5) is 13.2 Å². The summed E-state index contributed by atoms with van der Waals surface area (Å²) in [5.74, 6) is -1.01. The summed E-state index contributed by atoms with van der Waals surface area (Å²) in [6.07, 6.45) is -4.57. The maximum absolute atomic E-state index is 12.9. The van der Waals surface area contributed by atoms with E-state index in [1.807, 2.05) is 13.8 Å². The second-order valence-corrected chi connectivity index (χ2v) is 5.53. The third-order valence-electron chi connectivity index (χ3n) is 4.01. The van der Waals surface area contributed by atoms with E-state index in [-0.39, 0.29) is 31.1 Å². The molecule has 0 aromatic rings. The highest BCUT2D eigenvalue weighted by atomic mass is 19.4. The van der Waals surface area contributed by atoms with Gasteiger partial charge in [0.15, 0.2) is 5.60 Å². The molecule has 0 aromatic heterocycles. The summed E-state index contributed by atoms with van der Waals surface area (Å²) < 4.78 is 38.8. The van der Waals surface area contributed by atoms with Gasteiger partial charge in [-0.25, -0.2) is 0 Å². The second-order valence-electron chi connectivity index (χ2n) is 5.53. The van der Waals surface area contributed by atoms with E-state index in [4.69, 9.17) is 0 Å². The lowest BCUT2D eigenvalue weighted by Crippen LogP contribution is -2.54. The monoisotopic (exact) mass is 311 g/mol. The number of hydrogen-bond donors (Lipinski definition) is 1. The molecule has 1 N–H and O–H groups in total. The molecule has 1 rings (SSSR count). The fourth-order valence-corrected chi connectivity index (χ4v) is 2.66. The standard InChI is InChI=1S/C13H22F3NO2.C2H6/c1-4-12(19,13(14,15)16)10-5-7-17(8-6-10)11(18)9(2)3;1-2/h9-10,19H,4-8H2,1-3H3;1-2H3. The summed E-state index contributed by atoms with van der Waals surface area (Å²) in [5.41, 5.74) is -2.63. The Balaban J connectivity index is 0.00000191. The maximum Gasteiger partial charge on any atom is 0.417 e. The van der Waals surface area contributed by atoms with Gasteiger partial charge in [0.25, 0.3) is 0 Å². The predicted molar refractivity (Wildman–Crippen MR) is 76.8 cm³/mol. The summed E-state index contributed by atoms with van der Waals surface area (Å²) in [5, 5.41) is 9.89. The number of piperidine rings is 1. The highest BCUT2D eigenvalue weighted by Gasteiger charge is 2.57. The Bertz CT molecular complexity index is 323. The number of halogens is 3. The van der Waals surface area contributed by atoms with Crippen LogP contribution in [0.3, 0.4) is 0 Å². The quantitative estimate of drug-likeness (QED) is 0.865. The molecule has 1 amide bonds. The number of aliphatic hydroxyl groups is 1. The summed E-state index contributed by atoms with van der Waals surface area (Å²) in [4.78, 5) is 13.4. The Kier molecular flexibility index (Phi) is 7.71. The molecule has 1 aliphatic heterocycles. The highest BCUT2D eigenvalue weighted by Crippen LogP contribution is 2.43. The molecule has 1 heterocycles. The first kappa shape index (κ1) is 20.2. The van der Waals surface area contributed by atoms with Crippen molar-refractivity contribution in [2.24, 2.45) is 11.8 Å². The van der Waals surface area contributed by atoms with Crippen molar-refractivity contribution in [2.45, 2.75) is 65.7 Å². The summed E-state index contributed by atoms with van der Waals surface area (Å²) >= 11 is 0. The van der Waals surface area contributed by atoms with Crippen molar-refractivity contribution in [1.29, 1.82) is 0 Å². The van der Waals surface area contributed by atoms with Gasteiger partial charge >= 0.3 is 6.18 Å². The van der Waals surface area contributed by atoms with Crippen LogP contribution in [0, 0.1) is 11.8 Å². The normalized spacial score (nSPS) is 19.8. The number of carbonyl (C=O) groups excluding carboxylic acids is 1. The highest BCUT2D eigenvalue weighted by molar-refractivity contribution is 5.78. The number of alkyl halides is 3. The average molecular weight is 311 g/mol. The first-order valence-corrected chi connectivity index (χ1v) is 7.71. The van der Waals surface area contributed by atoms with Crippen LogP contribution in [-0.4, -0.2) is 40.8 Å². The number of likely N-dealkylation sites (tertiary alicyclic amines) is 1. The molecule has 0 saturated carbocycles. The van der Waals surface area contributed by atoms with Gasteiger partial charge in [0.2, 0.25) is 5.91 Å². The molecule has 1 fully saturated rings. The molecule has 0 spiro atoms. The van der Waals surface area contributed by atoms with Crippen molar-refractivity contribution in [2.75, 3.05) is 13.1 Å². The van der Waals surface area contributed by atoms with Crippen LogP contribution >= 0.6 is 0 Å². The van der Waals surface area contributed by atoms with Gasteiger partial charge in [-0.15, -0.1) is 0 Å². The molecule has 6 heteroatoms. The molecule has 0 aromatic carbocycles. The van der Waals surface area contributed by atoms with E-state index in [1.54, 1.807) is 18.7 Å². The molecule has 0 bridgehead atoms. The summed E-state index contributed by atoms with van der Waals surface area (Å²) in [6, 6.07) is 0. The number of hydrogen-bond acceptors (Lipinski definition) is 2. The van der Waals surface area contributed by atoms with Crippen molar-refractivity contribution in [3.63, 3.8) is 0 Å². The van der Waals surface area contributed by atoms with Crippen molar-refractivity contribution in [3.05, 3.63) is 0 Å². The van der Waals surface area contributed by atoms with Crippen LogP contribution in [-0.2, 0) is 4.79 Å². The van der Waals surface area contributed by atoms with Gasteiger partial charge in [0.1, 0.15) is 0 Å².